The second kappa shape index (κ2) is 6.88. The summed E-state index contributed by atoms with van der Waals surface area (Å²) < 4.78 is 1.99. The van der Waals surface area contributed by atoms with Gasteiger partial charge < -0.3 is 9.88 Å². The van der Waals surface area contributed by atoms with Crippen LogP contribution in [-0.2, 0) is 18.3 Å². The van der Waals surface area contributed by atoms with Crippen LogP contribution < -0.4 is 5.32 Å². The Balaban J connectivity index is 1.83. The zero-order valence-corrected chi connectivity index (χ0v) is 12.8. The van der Waals surface area contributed by atoms with Gasteiger partial charge >= 0.3 is 0 Å². The van der Waals surface area contributed by atoms with Gasteiger partial charge in [0.15, 0.2) is 0 Å². The van der Waals surface area contributed by atoms with Crippen LogP contribution in [0.3, 0.4) is 0 Å². The largest absolute Gasteiger partial charge is 0.354 e. The van der Waals surface area contributed by atoms with Crippen molar-refractivity contribution in [1.29, 1.82) is 0 Å². The fraction of sp³-hybridized carbons (Fsp3) is 0.733. The molecule has 1 saturated heterocycles. The van der Waals surface area contributed by atoms with Crippen molar-refractivity contribution in [3.8, 4) is 0 Å². The summed E-state index contributed by atoms with van der Waals surface area (Å²) in [5, 5.41) is 3.07. The molecule has 1 aliphatic rings. The van der Waals surface area contributed by atoms with Crippen LogP contribution in [-0.4, -0.2) is 45.5 Å². The lowest BCUT2D eigenvalue weighted by molar-refractivity contribution is -0.128. The van der Waals surface area contributed by atoms with E-state index in [9.17, 15) is 4.79 Å². The van der Waals surface area contributed by atoms with Gasteiger partial charge in [-0.2, -0.15) is 0 Å². The summed E-state index contributed by atoms with van der Waals surface area (Å²) in [6.45, 7) is 6.03. The first-order chi connectivity index (χ1) is 9.59. The number of carbonyl (C=O) groups excluding carboxylic acids is 1. The summed E-state index contributed by atoms with van der Waals surface area (Å²) in [5.41, 5.74) is 0. The molecular weight excluding hydrogens is 252 g/mol. The van der Waals surface area contributed by atoms with Crippen molar-refractivity contribution in [2.24, 2.45) is 7.05 Å². The van der Waals surface area contributed by atoms with Gasteiger partial charge in [-0.3, -0.25) is 9.69 Å². The molecular formula is C15H26N4O. The molecule has 1 aromatic rings. The molecule has 0 radical (unpaired) electrons. The molecule has 1 amide bonds. The Morgan fingerprint density at radius 1 is 1.50 bits per heavy atom. The average Bonchev–Trinajstić information content (AvgIpc) is 2.84. The summed E-state index contributed by atoms with van der Waals surface area (Å²) in [4.78, 5) is 18.9. The zero-order valence-electron chi connectivity index (χ0n) is 12.8. The van der Waals surface area contributed by atoms with Gasteiger partial charge in [0.25, 0.3) is 0 Å². The van der Waals surface area contributed by atoms with Crippen molar-refractivity contribution in [2.45, 2.75) is 51.6 Å². The van der Waals surface area contributed by atoms with Crippen molar-refractivity contribution in [3.63, 3.8) is 0 Å². The van der Waals surface area contributed by atoms with E-state index in [0.717, 1.165) is 31.6 Å². The highest BCUT2D eigenvalue weighted by atomic mass is 16.2. The van der Waals surface area contributed by atoms with Crippen molar-refractivity contribution in [1.82, 2.24) is 19.8 Å². The SMILES string of the molecule is CC(C)N1CCCC[C@H]1C(=O)NCCc1nccn1C. The molecule has 5 nitrogen and oxygen atoms in total. The first-order valence-electron chi connectivity index (χ1n) is 7.59. The third kappa shape index (κ3) is 3.60. The highest BCUT2D eigenvalue weighted by Crippen LogP contribution is 2.19. The van der Waals surface area contributed by atoms with Gasteiger partial charge in [-0.15, -0.1) is 0 Å². The minimum Gasteiger partial charge on any atom is -0.354 e. The standard InChI is InChI=1S/C15H26N4O/c1-12(2)19-10-5-4-6-13(19)15(20)17-8-7-14-16-9-11-18(14)3/h9,11-13H,4-8,10H2,1-3H3,(H,17,20)/t13-/m0/s1. The van der Waals surface area contributed by atoms with E-state index in [1.165, 1.54) is 6.42 Å². The van der Waals surface area contributed by atoms with E-state index in [2.05, 4.69) is 29.0 Å². The Bertz CT molecular complexity index is 441. The number of carbonyl (C=O) groups is 1. The second-order valence-electron chi connectivity index (χ2n) is 5.84. The van der Waals surface area contributed by atoms with Gasteiger partial charge in [0.1, 0.15) is 5.82 Å². The summed E-state index contributed by atoms with van der Waals surface area (Å²) in [6, 6.07) is 0.478. The van der Waals surface area contributed by atoms with E-state index >= 15 is 0 Å². The van der Waals surface area contributed by atoms with Crippen molar-refractivity contribution >= 4 is 5.91 Å². The number of amides is 1. The molecule has 0 aliphatic carbocycles. The average molecular weight is 278 g/mol. The van der Waals surface area contributed by atoms with Crippen molar-refractivity contribution < 1.29 is 4.79 Å². The van der Waals surface area contributed by atoms with E-state index in [0.29, 0.717) is 12.6 Å². The van der Waals surface area contributed by atoms with Gasteiger partial charge in [0.05, 0.1) is 6.04 Å². The van der Waals surface area contributed by atoms with Crippen LogP contribution in [0.5, 0.6) is 0 Å². The Morgan fingerprint density at radius 2 is 2.30 bits per heavy atom. The maximum atomic E-state index is 12.3. The quantitative estimate of drug-likeness (QED) is 0.884. The maximum absolute atomic E-state index is 12.3. The molecule has 0 unspecified atom stereocenters. The minimum atomic E-state index is 0.0464. The number of aryl methyl sites for hydroxylation is 1. The lowest BCUT2D eigenvalue weighted by Crippen LogP contribution is -2.52. The number of imidazole rings is 1. The fourth-order valence-electron chi connectivity index (χ4n) is 2.91. The van der Waals surface area contributed by atoms with Gasteiger partial charge in [-0.25, -0.2) is 4.98 Å². The lowest BCUT2D eigenvalue weighted by atomic mass is 9.99. The van der Waals surface area contributed by atoms with Crippen molar-refractivity contribution in [2.75, 3.05) is 13.1 Å². The van der Waals surface area contributed by atoms with E-state index in [-0.39, 0.29) is 11.9 Å². The molecule has 1 aromatic heterocycles. The van der Waals surface area contributed by atoms with Gasteiger partial charge in [-0.05, 0) is 33.2 Å². The number of rotatable bonds is 5. The Hall–Kier alpha value is -1.36. The zero-order chi connectivity index (χ0) is 14.5. The number of aromatic nitrogens is 2. The Kier molecular flexibility index (Phi) is 5.17. The van der Waals surface area contributed by atoms with Crippen LogP contribution in [0.2, 0.25) is 0 Å². The first kappa shape index (κ1) is 15.0. The molecule has 0 bridgehead atoms. The van der Waals surface area contributed by atoms with Crippen LogP contribution in [0.4, 0.5) is 0 Å². The number of likely N-dealkylation sites (tertiary alicyclic amines) is 1. The summed E-state index contributed by atoms with van der Waals surface area (Å²) in [7, 11) is 1.98. The second-order valence-corrected chi connectivity index (χ2v) is 5.84. The highest BCUT2D eigenvalue weighted by molar-refractivity contribution is 5.81. The molecule has 0 spiro atoms. The smallest absolute Gasteiger partial charge is 0.237 e. The molecule has 0 saturated carbocycles. The van der Waals surface area contributed by atoms with E-state index in [4.69, 9.17) is 0 Å². The fourth-order valence-corrected chi connectivity index (χ4v) is 2.91. The lowest BCUT2D eigenvalue weighted by Gasteiger charge is -2.37. The van der Waals surface area contributed by atoms with Gasteiger partial charge in [0, 0.05) is 38.4 Å². The van der Waals surface area contributed by atoms with Crippen LogP contribution in [0.1, 0.15) is 38.9 Å². The van der Waals surface area contributed by atoms with E-state index in [1.807, 2.05) is 17.8 Å². The minimum absolute atomic E-state index is 0.0464. The van der Waals surface area contributed by atoms with Gasteiger partial charge in [-0.1, -0.05) is 6.42 Å². The third-order valence-corrected chi connectivity index (χ3v) is 4.08. The summed E-state index contributed by atoms with van der Waals surface area (Å²) in [6.07, 6.45) is 7.84. The highest BCUT2D eigenvalue weighted by Gasteiger charge is 2.29. The number of piperidine rings is 1. The number of hydrogen-bond acceptors (Lipinski definition) is 3. The Labute approximate surface area is 121 Å². The van der Waals surface area contributed by atoms with Crippen LogP contribution in [0, 0.1) is 0 Å². The van der Waals surface area contributed by atoms with Gasteiger partial charge in [0.2, 0.25) is 5.91 Å². The molecule has 2 rings (SSSR count). The molecule has 0 aromatic carbocycles. The maximum Gasteiger partial charge on any atom is 0.237 e. The summed E-state index contributed by atoms with van der Waals surface area (Å²) >= 11 is 0. The third-order valence-electron chi connectivity index (χ3n) is 4.08. The molecule has 20 heavy (non-hydrogen) atoms. The number of hydrogen-bond donors (Lipinski definition) is 1. The van der Waals surface area contributed by atoms with E-state index < -0.39 is 0 Å². The predicted molar refractivity (Wildman–Crippen MR) is 79.4 cm³/mol. The topological polar surface area (TPSA) is 50.2 Å². The summed E-state index contributed by atoms with van der Waals surface area (Å²) in [5.74, 6) is 1.18. The Morgan fingerprint density at radius 3 is 2.95 bits per heavy atom. The molecule has 1 fully saturated rings. The first-order valence-corrected chi connectivity index (χ1v) is 7.59. The molecule has 2 heterocycles. The number of nitrogens with one attached hydrogen (secondary N) is 1. The van der Waals surface area contributed by atoms with E-state index in [1.54, 1.807) is 6.20 Å². The number of nitrogens with zero attached hydrogens (tertiary/aromatic N) is 3. The molecule has 5 heteroatoms. The normalized spacial score (nSPS) is 20.3. The van der Waals surface area contributed by atoms with Crippen LogP contribution in [0.25, 0.3) is 0 Å². The molecule has 1 N–H and O–H groups in total. The van der Waals surface area contributed by atoms with Crippen LogP contribution in [0.15, 0.2) is 12.4 Å². The monoisotopic (exact) mass is 278 g/mol. The van der Waals surface area contributed by atoms with Crippen molar-refractivity contribution in [3.05, 3.63) is 18.2 Å². The molecule has 1 atom stereocenters. The molecule has 112 valence electrons. The van der Waals surface area contributed by atoms with Crippen LogP contribution >= 0.6 is 0 Å². The molecule has 1 aliphatic heterocycles. The predicted octanol–water partition coefficient (Wildman–Crippen LogP) is 1.34.